The molecule has 12 heavy (non-hydrogen) atoms. The van der Waals surface area contributed by atoms with E-state index in [9.17, 15) is 0 Å². The molecule has 1 atom stereocenters. The highest BCUT2D eigenvalue weighted by molar-refractivity contribution is 5.25. The fraction of sp³-hybridized carbons (Fsp3) is 0.333. The highest BCUT2D eigenvalue weighted by Crippen LogP contribution is 2.17. The Bertz CT molecular complexity index is 283. The second-order valence-electron chi connectivity index (χ2n) is 2.66. The Hall–Kier alpha value is -1.40. The summed E-state index contributed by atoms with van der Waals surface area (Å²) in [6.07, 6.45) is 8.40. The standard InChI is InChI=1S/C9H12N2O/c1-2-6-12-9(11)5-3-4-8(10)7-9/h3-4,7H,5,10-11H2,1H3. The second kappa shape index (κ2) is 3.33. The molecule has 0 aromatic carbocycles. The minimum atomic E-state index is -0.845. The van der Waals surface area contributed by atoms with Crippen molar-refractivity contribution < 1.29 is 4.74 Å². The fourth-order valence-corrected chi connectivity index (χ4v) is 0.986. The molecule has 1 aliphatic rings. The van der Waals surface area contributed by atoms with E-state index in [0.717, 1.165) is 0 Å². The van der Waals surface area contributed by atoms with Crippen molar-refractivity contribution in [2.45, 2.75) is 19.1 Å². The minimum Gasteiger partial charge on any atom is -0.419 e. The lowest BCUT2D eigenvalue weighted by molar-refractivity contribution is 0.0944. The van der Waals surface area contributed by atoms with E-state index in [1.165, 1.54) is 0 Å². The van der Waals surface area contributed by atoms with Gasteiger partial charge in [-0.1, -0.05) is 12.0 Å². The van der Waals surface area contributed by atoms with Crippen molar-refractivity contribution in [1.29, 1.82) is 0 Å². The van der Waals surface area contributed by atoms with Crippen LogP contribution in [0.4, 0.5) is 0 Å². The van der Waals surface area contributed by atoms with Crippen molar-refractivity contribution in [2.24, 2.45) is 11.5 Å². The molecule has 0 aromatic heterocycles. The average molecular weight is 164 g/mol. The van der Waals surface area contributed by atoms with Gasteiger partial charge >= 0.3 is 0 Å². The Balaban J connectivity index is 2.71. The SMILES string of the molecule is CC#COC1(N)C=C(N)C=CC1. The fourth-order valence-electron chi connectivity index (χ4n) is 0.986. The van der Waals surface area contributed by atoms with Crippen molar-refractivity contribution in [3.8, 4) is 12.0 Å². The number of hydrogen-bond acceptors (Lipinski definition) is 3. The molecule has 0 radical (unpaired) electrons. The Kier molecular flexibility index (Phi) is 2.41. The Morgan fingerprint density at radius 3 is 3.00 bits per heavy atom. The lowest BCUT2D eigenvalue weighted by atomic mass is 10.0. The van der Waals surface area contributed by atoms with Crippen molar-refractivity contribution in [2.75, 3.05) is 0 Å². The molecule has 3 nitrogen and oxygen atoms in total. The maximum Gasteiger partial charge on any atom is 0.194 e. The topological polar surface area (TPSA) is 61.3 Å². The zero-order valence-electron chi connectivity index (χ0n) is 7.00. The molecular weight excluding hydrogens is 152 g/mol. The van der Waals surface area contributed by atoms with Gasteiger partial charge in [0.15, 0.2) is 5.72 Å². The van der Waals surface area contributed by atoms with Crippen LogP contribution in [0.2, 0.25) is 0 Å². The highest BCUT2D eigenvalue weighted by atomic mass is 16.5. The number of nitrogens with two attached hydrogens (primary N) is 2. The largest absolute Gasteiger partial charge is 0.419 e. The average Bonchev–Trinajstić information content (AvgIpc) is 2.01. The van der Waals surface area contributed by atoms with Gasteiger partial charge in [0.25, 0.3) is 0 Å². The van der Waals surface area contributed by atoms with Crippen molar-refractivity contribution in [1.82, 2.24) is 0 Å². The molecule has 0 amide bonds. The lowest BCUT2D eigenvalue weighted by Crippen LogP contribution is -2.40. The van der Waals surface area contributed by atoms with E-state index in [1.54, 1.807) is 19.1 Å². The van der Waals surface area contributed by atoms with Crippen LogP contribution in [0.25, 0.3) is 0 Å². The Labute approximate surface area is 72.1 Å². The third-order valence-electron chi connectivity index (χ3n) is 1.50. The molecule has 1 unspecified atom stereocenters. The predicted octanol–water partition coefficient (Wildman–Crippen LogP) is 0.441. The molecule has 0 heterocycles. The Morgan fingerprint density at radius 1 is 1.67 bits per heavy atom. The van der Waals surface area contributed by atoms with Gasteiger partial charge in [-0.05, 0) is 12.2 Å². The molecule has 64 valence electrons. The summed E-state index contributed by atoms with van der Waals surface area (Å²) in [7, 11) is 0. The molecule has 0 aliphatic heterocycles. The quantitative estimate of drug-likeness (QED) is 0.436. The summed E-state index contributed by atoms with van der Waals surface area (Å²) in [4.78, 5) is 0. The molecule has 0 saturated carbocycles. The van der Waals surface area contributed by atoms with Crippen LogP contribution >= 0.6 is 0 Å². The maximum atomic E-state index is 5.80. The van der Waals surface area contributed by atoms with Crippen LogP contribution in [0.1, 0.15) is 13.3 Å². The van der Waals surface area contributed by atoms with E-state index in [0.29, 0.717) is 12.1 Å². The molecule has 0 bridgehead atoms. The monoisotopic (exact) mass is 164 g/mol. The van der Waals surface area contributed by atoms with Gasteiger partial charge in [-0.3, -0.25) is 5.73 Å². The van der Waals surface area contributed by atoms with Crippen LogP contribution in [0.3, 0.4) is 0 Å². The van der Waals surface area contributed by atoms with Crippen LogP contribution in [0, 0.1) is 12.0 Å². The first-order valence-electron chi connectivity index (χ1n) is 3.70. The molecule has 0 spiro atoms. The first-order chi connectivity index (χ1) is 5.66. The van der Waals surface area contributed by atoms with Crippen LogP contribution in [0.15, 0.2) is 23.9 Å². The van der Waals surface area contributed by atoms with E-state index < -0.39 is 5.72 Å². The zero-order valence-corrected chi connectivity index (χ0v) is 7.00. The normalized spacial score (nSPS) is 27.0. The molecule has 0 saturated heterocycles. The summed E-state index contributed by atoms with van der Waals surface area (Å²) in [5.41, 5.74) is 11.1. The molecule has 0 aromatic rings. The van der Waals surface area contributed by atoms with E-state index in [-0.39, 0.29) is 0 Å². The van der Waals surface area contributed by atoms with Crippen LogP contribution in [-0.4, -0.2) is 5.72 Å². The van der Waals surface area contributed by atoms with Gasteiger partial charge in [0.05, 0.1) is 0 Å². The van der Waals surface area contributed by atoms with Gasteiger partial charge in [0.2, 0.25) is 0 Å². The first kappa shape index (κ1) is 8.69. The van der Waals surface area contributed by atoms with Crippen LogP contribution in [-0.2, 0) is 4.74 Å². The summed E-state index contributed by atoms with van der Waals surface area (Å²) < 4.78 is 5.10. The van der Waals surface area contributed by atoms with Gasteiger partial charge in [0, 0.05) is 19.0 Å². The minimum absolute atomic E-state index is 0.600. The zero-order chi connectivity index (χ0) is 9.03. The second-order valence-corrected chi connectivity index (χ2v) is 2.66. The smallest absolute Gasteiger partial charge is 0.194 e. The Morgan fingerprint density at radius 2 is 2.42 bits per heavy atom. The third-order valence-corrected chi connectivity index (χ3v) is 1.50. The number of allylic oxidation sites excluding steroid dienone is 1. The first-order valence-corrected chi connectivity index (χ1v) is 3.70. The molecule has 1 rings (SSSR count). The summed E-state index contributed by atoms with van der Waals surface area (Å²) in [5, 5.41) is 0. The summed E-state index contributed by atoms with van der Waals surface area (Å²) in [6, 6.07) is 0. The van der Waals surface area contributed by atoms with Crippen LogP contribution < -0.4 is 11.5 Å². The highest BCUT2D eigenvalue weighted by Gasteiger charge is 2.24. The van der Waals surface area contributed by atoms with Crippen LogP contribution in [0.5, 0.6) is 0 Å². The van der Waals surface area contributed by atoms with Gasteiger partial charge in [-0.2, -0.15) is 0 Å². The van der Waals surface area contributed by atoms with Crippen molar-refractivity contribution in [3.63, 3.8) is 0 Å². The molecule has 0 fully saturated rings. The molecule has 1 aliphatic carbocycles. The van der Waals surface area contributed by atoms with Crippen molar-refractivity contribution >= 4 is 0 Å². The summed E-state index contributed by atoms with van der Waals surface area (Å²) in [6.45, 7) is 1.69. The summed E-state index contributed by atoms with van der Waals surface area (Å²) >= 11 is 0. The number of rotatable bonds is 1. The van der Waals surface area contributed by atoms with E-state index in [1.807, 2.05) is 6.08 Å². The van der Waals surface area contributed by atoms with Gasteiger partial charge in [0.1, 0.15) is 6.11 Å². The third kappa shape index (κ3) is 2.04. The predicted molar refractivity (Wildman–Crippen MR) is 47.5 cm³/mol. The number of ether oxygens (including phenoxy) is 1. The van der Waals surface area contributed by atoms with E-state index in [4.69, 9.17) is 16.2 Å². The van der Waals surface area contributed by atoms with Gasteiger partial charge < -0.3 is 10.5 Å². The van der Waals surface area contributed by atoms with Gasteiger partial charge in [-0.25, -0.2) is 0 Å². The summed E-state index contributed by atoms with van der Waals surface area (Å²) in [5.74, 6) is 2.61. The molecule has 3 heteroatoms. The van der Waals surface area contributed by atoms with Crippen molar-refractivity contribution in [3.05, 3.63) is 23.9 Å². The van der Waals surface area contributed by atoms with Gasteiger partial charge in [-0.15, -0.1) is 0 Å². The molecule has 4 N–H and O–H groups in total. The van der Waals surface area contributed by atoms with E-state index >= 15 is 0 Å². The van der Waals surface area contributed by atoms with E-state index in [2.05, 4.69) is 12.0 Å². The maximum absolute atomic E-state index is 5.80. The molecular formula is C9H12N2O. The lowest BCUT2D eigenvalue weighted by Gasteiger charge is -2.24. The number of hydrogen-bond donors (Lipinski definition) is 2.